The van der Waals surface area contributed by atoms with Crippen LogP contribution in [-0.4, -0.2) is 34.6 Å². The summed E-state index contributed by atoms with van der Waals surface area (Å²) in [4.78, 5) is 12.7. The minimum atomic E-state index is -3.74. The number of halogens is 2. The van der Waals surface area contributed by atoms with Crippen molar-refractivity contribution in [2.45, 2.75) is 17.9 Å². The molecule has 9 heteroatoms. The molecule has 0 fully saturated rings. The van der Waals surface area contributed by atoms with Gasteiger partial charge in [0.05, 0.1) is 23.1 Å². The van der Waals surface area contributed by atoms with E-state index in [0.29, 0.717) is 9.50 Å². The maximum absolute atomic E-state index is 12.7. The Balaban J connectivity index is 2.21. The summed E-state index contributed by atoms with van der Waals surface area (Å²) in [7, 11) is -2.26. The molecule has 0 aromatic heterocycles. The number of hydrogen-bond acceptors (Lipinski definition) is 4. The summed E-state index contributed by atoms with van der Waals surface area (Å²) in [5, 5.41) is 3.42. The first kappa shape index (κ1) is 21.8. The van der Waals surface area contributed by atoms with Gasteiger partial charge in [-0.3, -0.25) is 4.79 Å². The first-order valence-electron chi connectivity index (χ1n) is 8.09. The van der Waals surface area contributed by atoms with Crippen molar-refractivity contribution in [1.29, 1.82) is 0 Å². The summed E-state index contributed by atoms with van der Waals surface area (Å²) < 4.78 is 32.4. The van der Waals surface area contributed by atoms with Gasteiger partial charge in [0.15, 0.2) is 0 Å². The van der Waals surface area contributed by atoms with Crippen molar-refractivity contribution < 1.29 is 17.9 Å². The summed E-state index contributed by atoms with van der Waals surface area (Å²) in [5.74, 6) is -0.400. The fourth-order valence-corrected chi connectivity index (χ4v) is 4.00. The maximum Gasteiger partial charge on any atom is 0.252 e. The SMILES string of the molecule is COCCNS(=O)(=O)c1ccc(Br)c(C(=O)NC(C)c2cccc(Cl)c2)c1. The van der Waals surface area contributed by atoms with Gasteiger partial charge in [-0.2, -0.15) is 0 Å². The van der Waals surface area contributed by atoms with E-state index in [2.05, 4.69) is 26.0 Å². The number of sulfonamides is 1. The second-order valence-corrected chi connectivity index (χ2v) is 8.84. The third-order valence-electron chi connectivity index (χ3n) is 3.79. The molecule has 6 nitrogen and oxygen atoms in total. The average molecular weight is 476 g/mol. The highest BCUT2D eigenvalue weighted by atomic mass is 79.9. The molecule has 2 N–H and O–H groups in total. The number of methoxy groups -OCH3 is 1. The van der Waals surface area contributed by atoms with Gasteiger partial charge in [0.2, 0.25) is 10.0 Å². The lowest BCUT2D eigenvalue weighted by Gasteiger charge is -2.16. The third kappa shape index (κ3) is 6.02. The van der Waals surface area contributed by atoms with E-state index < -0.39 is 15.9 Å². The van der Waals surface area contributed by atoms with Crippen molar-refractivity contribution in [3.05, 3.63) is 63.1 Å². The highest BCUT2D eigenvalue weighted by Crippen LogP contribution is 2.23. The van der Waals surface area contributed by atoms with Gasteiger partial charge in [-0.05, 0) is 58.7 Å². The highest BCUT2D eigenvalue weighted by molar-refractivity contribution is 9.10. The van der Waals surface area contributed by atoms with Crippen LogP contribution >= 0.6 is 27.5 Å². The van der Waals surface area contributed by atoms with E-state index in [1.165, 1.54) is 25.3 Å². The van der Waals surface area contributed by atoms with E-state index in [0.717, 1.165) is 5.56 Å². The van der Waals surface area contributed by atoms with E-state index >= 15 is 0 Å². The predicted octanol–water partition coefficient (Wildman–Crippen LogP) is 3.52. The fraction of sp³-hybridized carbons (Fsp3) is 0.278. The number of ether oxygens (including phenoxy) is 1. The van der Waals surface area contributed by atoms with Crippen LogP contribution in [-0.2, 0) is 14.8 Å². The fourth-order valence-electron chi connectivity index (χ4n) is 2.34. The van der Waals surface area contributed by atoms with Crippen LogP contribution in [0.15, 0.2) is 51.8 Å². The minimum Gasteiger partial charge on any atom is -0.383 e. The van der Waals surface area contributed by atoms with Crippen molar-refractivity contribution in [2.75, 3.05) is 20.3 Å². The van der Waals surface area contributed by atoms with Gasteiger partial charge in [0.25, 0.3) is 5.91 Å². The molecule has 2 aromatic carbocycles. The topological polar surface area (TPSA) is 84.5 Å². The predicted molar refractivity (Wildman–Crippen MR) is 109 cm³/mol. The van der Waals surface area contributed by atoms with Crippen LogP contribution in [0.5, 0.6) is 0 Å². The second kappa shape index (κ2) is 9.66. The van der Waals surface area contributed by atoms with Gasteiger partial charge in [-0.1, -0.05) is 23.7 Å². The molecular formula is C18H20BrClN2O4S. The Morgan fingerprint density at radius 3 is 2.67 bits per heavy atom. The number of rotatable bonds is 8. The molecule has 2 aromatic rings. The first-order chi connectivity index (χ1) is 12.7. The molecule has 0 saturated carbocycles. The van der Waals surface area contributed by atoms with E-state index in [9.17, 15) is 13.2 Å². The molecule has 2 rings (SSSR count). The second-order valence-electron chi connectivity index (χ2n) is 5.78. The van der Waals surface area contributed by atoms with Crippen LogP contribution in [0.3, 0.4) is 0 Å². The monoisotopic (exact) mass is 474 g/mol. The van der Waals surface area contributed by atoms with Crippen molar-refractivity contribution in [1.82, 2.24) is 10.0 Å². The molecule has 0 radical (unpaired) electrons. The Bertz CT molecular complexity index is 921. The van der Waals surface area contributed by atoms with Crippen LogP contribution in [0.4, 0.5) is 0 Å². The summed E-state index contributed by atoms with van der Waals surface area (Å²) in [6.07, 6.45) is 0. The molecule has 1 amide bonds. The van der Waals surface area contributed by atoms with Gasteiger partial charge in [0, 0.05) is 23.1 Å². The molecule has 0 aliphatic heterocycles. The zero-order valence-electron chi connectivity index (χ0n) is 14.8. The molecule has 0 bridgehead atoms. The number of hydrogen-bond donors (Lipinski definition) is 2. The number of carbonyl (C=O) groups is 1. The summed E-state index contributed by atoms with van der Waals surface area (Å²) in [5.41, 5.74) is 1.07. The molecule has 0 aliphatic rings. The van der Waals surface area contributed by atoms with Crippen LogP contribution in [0.2, 0.25) is 5.02 Å². The molecule has 0 aliphatic carbocycles. The van der Waals surface area contributed by atoms with Crippen LogP contribution in [0.1, 0.15) is 28.9 Å². The lowest BCUT2D eigenvalue weighted by Crippen LogP contribution is -2.29. The van der Waals surface area contributed by atoms with E-state index in [4.69, 9.17) is 16.3 Å². The van der Waals surface area contributed by atoms with Crippen LogP contribution in [0, 0.1) is 0 Å². The Labute approximate surface area is 172 Å². The molecular weight excluding hydrogens is 456 g/mol. The third-order valence-corrected chi connectivity index (χ3v) is 6.17. The van der Waals surface area contributed by atoms with Crippen LogP contribution in [0.25, 0.3) is 0 Å². The number of benzene rings is 2. The molecule has 27 heavy (non-hydrogen) atoms. The zero-order chi connectivity index (χ0) is 20.0. The van der Waals surface area contributed by atoms with E-state index in [-0.39, 0.29) is 29.7 Å². The standard InChI is InChI=1S/C18H20BrClN2O4S/c1-12(13-4-3-5-14(20)10-13)22-18(23)16-11-15(6-7-17(16)19)27(24,25)21-8-9-26-2/h3-7,10-12,21H,8-9H2,1-2H3,(H,22,23). The highest BCUT2D eigenvalue weighted by Gasteiger charge is 2.19. The number of nitrogens with one attached hydrogen (secondary N) is 2. The molecule has 1 unspecified atom stereocenters. The quantitative estimate of drug-likeness (QED) is 0.572. The maximum atomic E-state index is 12.7. The van der Waals surface area contributed by atoms with E-state index in [1.54, 1.807) is 18.2 Å². The van der Waals surface area contributed by atoms with Gasteiger partial charge in [0.1, 0.15) is 0 Å². The smallest absolute Gasteiger partial charge is 0.252 e. The van der Waals surface area contributed by atoms with Gasteiger partial charge >= 0.3 is 0 Å². The summed E-state index contributed by atoms with van der Waals surface area (Å²) in [6, 6.07) is 11.2. The zero-order valence-corrected chi connectivity index (χ0v) is 18.0. The first-order valence-corrected chi connectivity index (χ1v) is 10.7. The average Bonchev–Trinajstić information content (AvgIpc) is 2.61. The number of carbonyl (C=O) groups excluding carboxylic acids is 1. The van der Waals surface area contributed by atoms with Gasteiger partial charge in [-0.25, -0.2) is 13.1 Å². The molecule has 146 valence electrons. The Hall–Kier alpha value is -1.45. The Morgan fingerprint density at radius 2 is 2.00 bits per heavy atom. The van der Waals surface area contributed by atoms with E-state index in [1.807, 2.05) is 13.0 Å². The number of amides is 1. The largest absolute Gasteiger partial charge is 0.383 e. The van der Waals surface area contributed by atoms with Crippen molar-refractivity contribution in [3.63, 3.8) is 0 Å². The van der Waals surface area contributed by atoms with Crippen molar-refractivity contribution in [3.8, 4) is 0 Å². The van der Waals surface area contributed by atoms with Crippen LogP contribution < -0.4 is 10.0 Å². The lowest BCUT2D eigenvalue weighted by atomic mass is 10.1. The Morgan fingerprint density at radius 1 is 1.26 bits per heavy atom. The van der Waals surface area contributed by atoms with Gasteiger partial charge in [-0.15, -0.1) is 0 Å². The summed E-state index contributed by atoms with van der Waals surface area (Å²) >= 11 is 9.29. The normalized spacial score (nSPS) is 12.6. The molecule has 0 heterocycles. The van der Waals surface area contributed by atoms with Crippen molar-refractivity contribution in [2.24, 2.45) is 0 Å². The molecule has 1 atom stereocenters. The lowest BCUT2D eigenvalue weighted by molar-refractivity contribution is 0.0939. The molecule has 0 spiro atoms. The Kier molecular flexibility index (Phi) is 7.81. The van der Waals surface area contributed by atoms with Gasteiger partial charge < -0.3 is 10.1 Å². The summed E-state index contributed by atoms with van der Waals surface area (Å²) in [6.45, 7) is 2.22. The van der Waals surface area contributed by atoms with Crippen molar-refractivity contribution >= 4 is 43.5 Å². The minimum absolute atomic E-state index is 0.00219. The molecule has 0 saturated heterocycles.